The number of hydrogen-bond acceptors (Lipinski definition) is 5. The number of allylic oxidation sites excluding steroid dienone is 1. The predicted octanol–water partition coefficient (Wildman–Crippen LogP) is 6.76. The maximum absolute atomic E-state index is 13.4. The maximum Gasteiger partial charge on any atom is 0.205 e. The number of hydrogen-bond donors (Lipinski definition) is 2. The molecule has 0 saturated heterocycles. The molecule has 0 spiro atoms. The smallest absolute Gasteiger partial charge is 0.205 e. The Morgan fingerprint density at radius 3 is 2.62 bits per heavy atom. The van der Waals surface area contributed by atoms with E-state index in [4.69, 9.17) is 10.7 Å². The SMILES string of the molecule is Cc1nc2sc(C(=O)c3ccccc3)c(N)c2c2c1[C@@]1(C)CC[C@@H]3[C@H](CC=C4C[C@@H](O)CC[C@@]43C)[C@H]1C2. The van der Waals surface area contributed by atoms with Crippen LogP contribution in [0.15, 0.2) is 42.0 Å². The van der Waals surface area contributed by atoms with Crippen LogP contribution in [0.5, 0.6) is 0 Å². The molecule has 7 rings (SSSR count). The number of carbonyl (C=O) groups is 1. The molecule has 2 fully saturated rings. The number of rotatable bonds is 2. The molecule has 192 valence electrons. The Kier molecular flexibility index (Phi) is 5.10. The summed E-state index contributed by atoms with van der Waals surface area (Å²) in [7, 11) is 0. The minimum atomic E-state index is -0.170. The summed E-state index contributed by atoms with van der Waals surface area (Å²) in [6, 6.07) is 9.45. The van der Waals surface area contributed by atoms with Crippen LogP contribution in [0.3, 0.4) is 0 Å². The van der Waals surface area contributed by atoms with Gasteiger partial charge in [0.15, 0.2) is 0 Å². The lowest BCUT2D eigenvalue weighted by Crippen LogP contribution is -2.51. The lowest BCUT2D eigenvalue weighted by Gasteiger charge is -2.57. The Hall–Kier alpha value is -2.50. The molecule has 1 aromatic carbocycles. The molecule has 2 aromatic heterocycles. The second-order valence-electron chi connectivity index (χ2n) is 12.6. The van der Waals surface area contributed by atoms with Gasteiger partial charge in [0.2, 0.25) is 5.78 Å². The molecule has 5 heteroatoms. The summed E-state index contributed by atoms with van der Waals surface area (Å²) in [4.78, 5) is 20.0. The van der Waals surface area contributed by atoms with Crippen LogP contribution in [0.2, 0.25) is 0 Å². The molecular weight excluding hydrogens is 476 g/mol. The number of aromatic nitrogens is 1. The lowest BCUT2D eigenvalue weighted by atomic mass is 9.47. The standard InChI is InChI=1S/C32H36N2O2S/c1-17-26-22(25-27(33)29(37-30(25)34-17)28(36)18-7-5-4-6-8-18)16-24-21-10-9-19-15-20(35)11-13-31(19,2)23(21)12-14-32(24,26)3/h4-9,20-21,23-24,35H,10-16,33H2,1-3H3/t20-,21-,23+,24+,31-,32-/m0/s1. The van der Waals surface area contributed by atoms with Crippen molar-refractivity contribution in [2.24, 2.45) is 23.2 Å². The number of fused-ring (bicyclic) bond motifs is 9. The second kappa shape index (κ2) is 8.00. The molecule has 3 aromatic rings. The van der Waals surface area contributed by atoms with Gasteiger partial charge in [0.1, 0.15) is 9.71 Å². The fourth-order valence-electron chi connectivity index (χ4n) is 9.07. The molecule has 3 N–H and O–H groups in total. The van der Waals surface area contributed by atoms with E-state index in [1.807, 2.05) is 30.3 Å². The van der Waals surface area contributed by atoms with Crippen molar-refractivity contribution in [3.8, 4) is 0 Å². The van der Waals surface area contributed by atoms with Gasteiger partial charge in [0.25, 0.3) is 0 Å². The number of anilines is 1. The molecular formula is C32H36N2O2S. The quantitative estimate of drug-likeness (QED) is 0.294. The van der Waals surface area contributed by atoms with Gasteiger partial charge in [-0.15, -0.1) is 11.3 Å². The van der Waals surface area contributed by atoms with Crippen LogP contribution in [-0.2, 0) is 11.8 Å². The van der Waals surface area contributed by atoms with Gasteiger partial charge in [-0.2, -0.15) is 0 Å². The van der Waals surface area contributed by atoms with E-state index in [0.29, 0.717) is 33.9 Å². The molecule has 0 radical (unpaired) electrons. The summed E-state index contributed by atoms with van der Waals surface area (Å²) in [6.07, 6.45) is 9.75. The number of pyridine rings is 1. The van der Waals surface area contributed by atoms with Gasteiger partial charge in [-0.05, 0) is 91.6 Å². The highest BCUT2D eigenvalue weighted by Crippen LogP contribution is 2.65. The number of benzene rings is 1. The number of carbonyl (C=O) groups excluding carboxylic acids is 1. The summed E-state index contributed by atoms with van der Waals surface area (Å²) >= 11 is 1.46. The van der Waals surface area contributed by atoms with E-state index < -0.39 is 0 Å². The summed E-state index contributed by atoms with van der Waals surface area (Å²) in [5.74, 6) is 1.86. The third-order valence-corrected chi connectivity index (χ3v) is 12.0. The molecule has 0 aliphatic heterocycles. The van der Waals surface area contributed by atoms with Crippen molar-refractivity contribution < 1.29 is 9.90 Å². The molecule has 0 bridgehead atoms. The fraction of sp³-hybridized carbons (Fsp3) is 0.500. The fourth-order valence-corrected chi connectivity index (χ4v) is 10.2. The largest absolute Gasteiger partial charge is 0.397 e. The summed E-state index contributed by atoms with van der Waals surface area (Å²) in [6.45, 7) is 7.12. The Balaban J connectivity index is 1.33. The predicted molar refractivity (Wildman–Crippen MR) is 150 cm³/mol. The minimum absolute atomic E-state index is 0.00782. The van der Waals surface area contributed by atoms with Gasteiger partial charge in [-0.1, -0.05) is 55.8 Å². The number of ketones is 1. The van der Waals surface area contributed by atoms with Gasteiger partial charge in [0, 0.05) is 16.6 Å². The van der Waals surface area contributed by atoms with Crippen molar-refractivity contribution in [2.75, 3.05) is 5.73 Å². The van der Waals surface area contributed by atoms with Crippen LogP contribution in [0.25, 0.3) is 10.2 Å². The average molecular weight is 513 g/mol. The number of thiophene rings is 1. The molecule has 0 amide bonds. The minimum Gasteiger partial charge on any atom is -0.397 e. The zero-order chi connectivity index (χ0) is 25.7. The first-order valence-corrected chi connectivity index (χ1v) is 14.7. The van der Waals surface area contributed by atoms with Crippen LogP contribution >= 0.6 is 11.3 Å². The molecule has 6 atom stereocenters. The molecule has 4 aliphatic carbocycles. The monoisotopic (exact) mass is 512 g/mol. The number of aliphatic hydroxyl groups is 1. The first kappa shape index (κ1) is 23.6. The zero-order valence-electron chi connectivity index (χ0n) is 22.0. The topological polar surface area (TPSA) is 76.2 Å². The number of aliphatic hydroxyl groups excluding tert-OH is 1. The van der Waals surface area contributed by atoms with Crippen LogP contribution < -0.4 is 5.73 Å². The van der Waals surface area contributed by atoms with Crippen LogP contribution in [0, 0.1) is 30.1 Å². The van der Waals surface area contributed by atoms with E-state index in [-0.39, 0.29) is 22.7 Å². The Labute approximate surface area is 223 Å². The van der Waals surface area contributed by atoms with Crippen molar-refractivity contribution >= 4 is 33.0 Å². The van der Waals surface area contributed by atoms with Crippen LogP contribution in [0.1, 0.15) is 84.4 Å². The van der Waals surface area contributed by atoms with E-state index in [1.54, 1.807) is 0 Å². The van der Waals surface area contributed by atoms with Crippen molar-refractivity contribution in [1.29, 1.82) is 0 Å². The number of aryl methyl sites for hydroxylation is 1. The highest BCUT2D eigenvalue weighted by molar-refractivity contribution is 7.21. The number of nitrogens with zero attached hydrogens (tertiary/aromatic N) is 1. The first-order valence-electron chi connectivity index (χ1n) is 13.9. The van der Waals surface area contributed by atoms with E-state index >= 15 is 0 Å². The van der Waals surface area contributed by atoms with E-state index in [9.17, 15) is 9.90 Å². The zero-order valence-corrected chi connectivity index (χ0v) is 22.8. The summed E-state index contributed by atoms with van der Waals surface area (Å²) in [5, 5.41) is 11.4. The van der Waals surface area contributed by atoms with Crippen molar-refractivity contribution in [3.63, 3.8) is 0 Å². The van der Waals surface area contributed by atoms with Crippen LogP contribution in [-0.4, -0.2) is 22.0 Å². The molecule has 2 heterocycles. The van der Waals surface area contributed by atoms with E-state index in [2.05, 4.69) is 26.8 Å². The highest BCUT2D eigenvalue weighted by atomic mass is 32.1. The summed E-state index contributed by atoms with van der Waals surface area (Å²) in [5.41, 5.74) is 13.8. The molecule has 4 nitrogen and oxygen atoms in total. The van der Waals surface area contributed by atoms with Gasteiger partial charge < -0.3 is 10.8 Å². The van der Waals surface area contributed by atoms with Crippen molar-refractivity contribution in [1.82, 2.24) is 4.98 Å². The number of nitrogens with two attached hydrogens (primary N) is 1. The molecule has 37 heavy (non-hydrogen) atoms. The molecule has 4 aliphatic rings. The maximum atomic E-state index is 13.4. The Morgan fingerprint density at radius 2 is 1.84 bits per heavy atom. The van der Waals surface area contributed by atoms with Gasteiger partial charge in [-0.25, -0.2) is 4.98 Å². The van der Waals surface area contributed by atoms with Crippen LogP contribution in [0.4, 0.5) is 5.69 Å². The van der Waals surface area contributed by atoms with Crippen molar-refractivity contribution in [2.45, 2.75) is 77.2 Å². The number of nitrogen functional groups attached to an aromatic ring is 1. The Morgan fingerprint density at radius 1 is 1.08 bits per heavy atom. The van der Waals surface area contributed by atoms with Gasteiger partial charge in [0.05, 0.1) is 11.8 Å². The third kappa shape index (κ3) is 3.16. The Bertz CT molecular complexity index is 1470. The second-order valence-corrected chi connectivity index (χ2v) is 13.6. The first-order chi connectivity index (χ1) is 17.7. The van der Waals surface area contributed by atoms with E-state index in [1.165, 1.54) is 40.9 Å². The third-order valence-electron chi connectivity index (χ3n) is 10.9. The summed E-state index contributed by atoms with van der Waals surface area (Å²) < 4.78 is 0. The molecule has 0 unspecified atom stereocenters. The van der Waals surface area contributed by atoms with E-state index in [0.717, 1.165) is 48.0 Å². The lowest BCUT2D eigenvalue weighted by molar-refractivity contribution is -0.0164. The van der Waals surface area contributed by atoms with Gasteiger partial charge in [-0.3, -0.25) is 4.79 Å². The van der Waals surface area contributed by atoms with Crippen molar-refractivity contribution in [3.05, 3.63) is 69.2 Å². The van der Waals surface area contributed by atoms with Gasteiger partial charge >= 0.3 is 0 Å². The highest BCUT2D eigenvalue weighted by Gasteiger charge is 2.58. The normalized spacial score (nSPS) is 34.3. The molecule has 2 saturated carbocycles. The average Bonchev–Trinajstić information content (AvgIpc) is 3.38.